The van der Waals surface area contributed by atoms with E-state index in [0.717, 1.165) is 5.56 Å². The molecular weight excluding hydrogens is 330 g/mol. The lowest BCUT2D eigenvalue weighted by Gasteiger charge is -2.12. The molecule has 3 rings (SSSR count). The van der Waals surface area contributed by atoms with Crippen LogP contribution in [0.3, 0.4) is 0 Å². The minimum atomic E-state index is -0.281. The Labute approximate surface area is 151 Å². The summed E-state index contributed by atoms with van der Waals surface area (Å²) in [6.07, 6.45) is 5.03. The van der Waals surface area contributed by atoms with Crippen LogP contribution in [0.15, 0.2) is 67.1 Å². The molecule has 6 nitrogen and oxygen atoms in total. The third-order valence-corrected chi connectivity index (χ3v) is 3.53. The molecule has 0 aliphatic carbocycles. The van der Waals surface area contributed by atoms with Gasteiger partial charge in [-0.1, -0.05) is 12.1 Å². The molecule has 0 saturated heterocycles. The predicted molar refractivity (Wildman–Crippen MR) is 98.4 cm³/mol. The first kappa shape index (κ1) is 17.4. The summed E-state index contributed by atoms with van der Waals surface area (Å²) in [5.41, 5.74) is 1.41. The Kier molecular flexibility index (Phi) is 5.77. The predicted octanol–water partition coefficient (Wildman–Crippen LogP) is 3.71. The quantitative estimate of drug-likeness (QED) is 0.704. The third-order valence-electron chi connectivity index (χ3n) is 3.53. The van der Waals surface area contributed by atoms with Crippen LogP contribution in [0.25, 0.3) is 0 Å². The van der Waals surface area contributed by atoms with Crippen LogP contribution in [0.4, 0.5) is 5.82 Å². The van der Waals surface area contributed by atoms with E-state index in [1.165, 1.54) is 0 Å². The lowest BCUT2D eigenvalue weighted by atomic mass is 10.2. The second-order valence-electron chi connectivity index (χ2n) is 5.42. The molecule has 0 radical (unpaired) electrons. The summed E-state index contributed by atoms with van der Waals surface area (Å²) in [6, 6.07) is 14.3. The Morgan fingerprint density at radius 3 is 2.77 bits per heavy atom. The number of benzene rings is 1. The summed E-state index contributed by atoms with van der Waals surface area (Å²) in [5, 5.41) is 2.79. The molecule has 132 valence electrons. The fourth-order valence-electron chi connectivity index (χ4n) is 2.32. The van der Waals surface area contributed by atoms with Gasteiger partial charge in [0.25, 0.3) is 5.91 Å². The number of nitrogens with one attached hydrogen (secondary N) is 1. The van der Waals surface area contributed by atoms with E-state index in [4.69, 9.17) is 9.47 Å². The van der Waals surface area contributed by atoms with Gasteiger partial charge in [-0.3, -0.25) is 9.78 Å². The number of carbonyl (C=O) groups excluding carboxylic acids is 1. The highest BCUT2D eigenvalue weighted by atomic mass is 16.5. The Hall–Kier alpha value is -3.41. The molecule has 1 N–H and O–H groups in total. The molecule has 0 aliphatic rings. The number of ether oxygens (including phenoxy) is 2. The summed E-state index contributed by atoms with van der Waals surface area (Å²) >= 11 is 0. The van der Waals surface area contributed by atoms with E-state index < -0.39 is 0 Å². The van der Waals surface area contributed by atoms with E-state index in [9.17, 15) is 4.79 Å². The van der Waals surface area contributed by atoms with Crippen molar-refractivity contribution in [2.45, 2.75) is 13.5 Å². The lowest BCUT2D eigenvalue weighted by Crippen LogP contribution is -2.14. The topological polar surface area (TPSA) is 73.3 Å². The van der Waals surface area contributed by atoms with E-state index in [1.807, 2.05) is 25.1 Å². The fraction of sp³-hybridized carbons (Fsp3) is 0.150. The number of hydrogen-bond donors (Lipinski definition) is 1. The normalized spacial score (nSPS) is 10.2. The minimum absolute atomic E-state index is 0.281. The molecule has 0 fully saturated rings. The van der Waals surface area contributed by atoms with Crippen molar-refractivity contribution in [2.75, 3.05) is 11.9 Å². The molecule has 0 bridgehead atoms. The maximum atomic E-state index is 12.5. The summed E-state index contributed by atoms with van der Waals surface area (Å²) in [4.78, 5) is 20.8. The minimum Gasteiger partial charge on any atom is -0.494 e. The molecule has 2 aromatic heterocycles. The number of anilines is 1. The number of nitrogens with zero attached hydrogens (tertiary/aromatic N) is 2. The first-order valence-corrected chi connectivity index (χ1v) is 8.27. The highest BCUT2D eigenvalue weighted by Gasteiger charge is 2.12. The largest absolute Gasteiger partial charge is 0.494 e. The standard InChI is InChI=1S/C20H19N3O3/c1-2-25-17-8-3-7-16(12-17)20(24)23-19-18(9-5-11-22-19)26-14-15-6-4-10-21-13-15/h3-13H,2,14H2,1H3,(H,22,23,24). The SMILES string of the molecule is CCOc1cccc(C(=O)Nc2ncccc2OCc2cccnc2)c1. The number of aromatic nitrogens is 2. The maximum Gasteiger partial charge on any atom is 0.257 e. The molecule has 0 spiro atoms. The summed E-state index contributed by atoms with van der Waals surface area (Å²) in [7, 11) is 0. The molecule has 26 heavy (non-hydrogen) atoms. The Morgan fingerprint density at radius 1 is 1.08 bits per heavy atom. The van der Waals surface area contributed by atoms with Crippen molar-refractivity contribution >= 4 is 11.7 Å². The second-order valence-corrected chi connectivity index (χ2v) is 5.42. The zero-order chi connectivity index (χ0) is 18.2. The van der Waals surface area contributed by atoms with E-state index in [0.29, 0.717) is 36.1 Å². The monoisotopic (exact) mass is 349 g/mol. The van der Waals surface area contributed by atoms with Crippen LogP contribution >= 0.6 is 0 Å². The molecule has 0 atom stereocenters. The van der Waals surface area contributed by atoms with Gasteiger partial charge < -0.3 is 14.8 Å². The molecule has 2 heterocycles. The van der Waals surface area contributed by atoms with Crippen LogP contribution in [0.2, 0.25) is 0 Å². The highest BCUT2D eigenvalue weighted by molar-refractivity contribution is 6.04. The van der Waals surface area contributed by atoms with Crippen molar-refractivity contribution in [1.29, 1.82) is 0 Å². The third kappa shape index (κ3) is 4.57. The molecule has 1 amide bonds. The molecule has 1 aromatic carbocycles. The molecule has 0 saturated carbocycles. The zero-order valence-electron chi connectivity index (χ0n) is 14.4. The van der Waals surface area contributed by atoms with Crippen molar-refractivity contribution in [3.8, 4) is 11.5 Å². The number of carbonyl (C=O) groups is 1. The van der Waals surface area contributed by atoms with Gasteiger partial charge in [-0.25, -0.2) is 4.98 Å². The van der Waals surface area contributed by atoms with Gasteiger partial charge in [-0.2, -0.15) is 0 Å². The smallest absolute Gasteiger partial charge is 0.257 e. The van der Waals surface area contributed by atoms with Crippen LogP contribution in [-0.4, -0.2) is 22.5 Å². The van der Waals surface area contributed by atoms with Crippen molar-refractivity contribution in [3.05, 3.63) is 78.2 Å². The molecule has 0 aliphatic heterocycles. The van der Waals surface area contributed by atoms with E-state index >= 15 is 0 Å². The summed E-state index contributed by atoms with van der Waals surface area (Å²) < 4.78 is 11.2. The van der Waals surface area contributed by atoms with Gasteiger partial charge in [0.1, 0.15) is 12.4 Å². The average Bonchev–Trinajstić information content (AvgIpc) is 2.68. The number of rotatable bonds is 7. The molecule has 0 unspecified atom stereocenters. The van der Waals surface area contributed by atoms with Crippen molar-refractivity contribution < 1.29 is 14.3 Å². The molecule has 3 aromatic rings. The van der Waals surface area contributed by atoms with Crippen LogP contribution in [-0.2, 0) is 6.61 Å². The number of pyridine rings is 2. The Bertz CT molecular complexity index is 869. The maximum absolute atomic E-state index is 12.5. The van der Waals surface area contributed by atoms with Gasteiger partial charge in [0.05, 0.1) is 6.61 Å². The van der Waals surface area contributed by atoms with Gasteiger partial charge in [0.15, 0.2) is 11.6 Å². The zero-order valence-corrected chi connectivity index (χ0v) is 14.4. The van der Waals surface area contributed by atoms with Crippen LogP contribution in [0.5, 0.6) is 11.5 Å². The van der Waals surface area contributed by atoms with Crippen molar-refractivity contribution in [2.24, 2.45) is 0 Å². The summed E-state index contributed by atoms with van der Waals surface area (Å²) in [5.74, 6) is 1.22. The molecular formula is C20H19N3O3. The summed E-state index contributed by atoms with van der Waals surface area (Å²) in [6.45, 7) is 2.77. The first-order chi connectivity index (χ1) is 12.8. The van der Waals surface area contributed by atoms with Gasteiger partial charge in [0, 0.05) is 29.7 Å². The van der Waals surface area contributed by atoms with Crippen LogP contribution < -0.4 is 14.8 Å². The fourth-order valence-corrected chi connectivity index (χ4v) is 2.32. The van der Waals surface area contributed by atoms with E-state index in [2.05, 4.69) is 15.3 Å². The van der Waals surface area contributed by atoms with Gasteiger partial charge in [-0.05, 0) is 43.3 Å². The Morgan fingerprint density at radius 2 is 1.96 bits per heavy atom. The number of amides is 1. The average molecular weight is 349 g/mol. The first-order valence-electron chi connectivity index (χ1n) is 8.27. The second kappa shape index (κ2) is 8.62. The van der Waals surface area contributed by atoms with E-state index in [-0.39, 0.29) is 5.91 Å². The van der Waals surface area contributed by atoms with Gasteiger partial charge in [-0.15, -0.1) is 0 Å². The van der Waals surface area contributed by atoms with Crippen LogP contribution in [0.1, 0.15) is 22.8 Å². The number of hydrogen-bond acceptors (Lipinski definition) is 5. The van der Waals surface area contributed by atoms with Gasteiger partial charge >= 0.3 is 0 Å². The van der Waals surface area contributed by atoms with Crippen LogP contribution in [0, 0.1) is 0 Å². The van der Waals surface area contributed by atoms with Crippen molar-refractivity contribution in [3.63, 3.8) is 0 Å². The lowest BCUT2D eigenvalue weighted by molar-refractivity contribution is 0.102. The highest BCUT2D eigenvalue weighted by Crippen LogP contribution is 2.23. The Balaban J connectivity index is 1.71. The van der Waals surface area contributed by atoms with Crippen molar-refractivity contribution in [1.82, 2.24) is 9.97 Å². The molecule has 6 heteroatoms. The van der Waals surface area contributed by atoms with E-state index in [1.54, 1.807) is 48.9 Å². The van der Waals surface area contributed by atoms with Gasteiger partial charge in [0.2, 0.25) is 0 Å².